The number of nitrogens with one attached hydrogen (secondary N) is 1. The van der Waals surface area contributed by atoms with E-state index in [4.69, 9.17) is 9.72 Å². The number of hydrogen-bond donors (Lipinski definition) is 1. The number of ether oxygens (including phenoxy) is 1. The molecule has 114 valence electrons. The van der Waals surface area contributed by atoms with E-state index in [2.05, 4.69) is 38.0 Å². The fourth-order valence-corrected chi connectivity index (χ4v) is 3.33. The van der Waals surface area contributed by atoms with Crippen LogP contribution in [0.4, 0.5) is 0 Å². The van der Waals surface area contributed by atoms with Gasteiger partial charge in [0.15, 0.2) is 0 Å². The predicted octanol–water partition coefficient (Wildman–Crippen LogP) is 3.50. The third-order valence-electron chi connectivity index (χ3n) is 3.29. The van der Waals surface area contributed by atoms with E-state index in [1.807, 2.05) is 18.3 Å². The van der Waals surface area contributed by atoms with Crippen LogP contribution in [0, 0.1) is 6.92 Å². The zero-order valence-corrected chi connectivity index (χ0v) is 14.1. The van der Waals surface area contributed by atoms with Crippen molar-refractivity contribution in [3.05, 3.63) is 39.5 Å². The van der Waals surface area contributed by atoms with Gasteiger partial charge in [-0.25, -0.2) is 9.97 Å². The summed E-state index contributed by atoms with van der Waals surface area (Å²) >= 11 is 1.76. The van der Waals surface area contributed by atoms with Crippen LogP contribution in [0.3, 0.4) is 0 Å². The average molecular weight is 305 g/mol. The minimum Gasteiger partial charge on any atom is -0.481 e. The second-order valence-electron chi connectivity index (χ2n) is 5.30. The van der Waals surface area contributed by atoms with Crippen LogP contribution in [-0.4, -0.2) is 23.1 Å². The van der Waals surface area contributed by atoms with Crippen molar-refractivity contribution in [2.45, 2.75) is 46.2 Å². The second-order valence-corrected chi connectivity index (χ2v) is 6.53. The Labute approximate surface area is 130 Å². The zero-order valence-electron chi connectivity index (χ0n) is 13.3. The molecule has 2 rings (SSSR count). The molecule has 4 nitrogen and oxygen atoms in total. The highest BCUT2D eigenvalue weighted by Crippen LogP contribution is 2.29. The molecule has 0 bridgehead atoms. The van der Waals surface area contributed by atoms with E-state index >= 15 is 0 Å². The molecule has 0 aliphatic carbocycles. The molecule has 5 heteroatoms. The summed E-state index contributed by atoms with van der Waals surface area (Å²) in [6, 6.07) is 4.39. The van der Waals surface area contributed by atoms with Crippen LogP contribution in [0.2, 0.25) is 0 Å². The Balaban J connectivity index is 2.36. The van der Waals surface area contributed by atoms with Crippen LogP contribution < -0.4 is 10.1 Å². The first-order chi connectivity index (χ1) is 10.0. The Morgan fingerprint density at radius 2 is 2.10 bits per heavy atom. The summed E-state index contributed by atoms with van der Waals surface area (Å²) in [7, 11) is 1.63. The van der Waals surface area contributed by atoms with Gasteiger partial charge in [-0.3, -0.25) is 0 Å². The number of methoxy groups -OCH3 is 1. The molecule has 0 aromatic carbocycles. The minimum atomic E-state index is 0.0763. The summed E-state index contributed by atoms with van der Waals surface area (Å²) in [6.45, 7) is 8.57. The van der Waals surface area contributed by atoms with E-state index in [9.17, 15) is 0 Å². The highest BCUT2D eigenvalue weighted by Gasteiger charge is 2.20. The maximum absolute atomic E-state index is 5.13. The van der Waals surface area contributed by atoms with E-state index in [-0.39, 0.29) is 6.04 Å². The molecular formula is C16H23N3OS. The number of pyridine rings is 1. The summed E-state index contributed by atoms with van der Waals surface area (Å²) in [5, 5.41) is 4.68. The molecule has 0 aliphatic heterocycles. The average Bonchev–Trinajstić information content (AvgIpc) is 2.85. The number of aromatic nitrogens is 2. The first-order valence-electron chi connectivity index (χ1n) is 7.27. The van der Waals surface area contributed by atoms with E-state index < -0.39 is 0 Å². The fourth-order valence-electron chi connectivity index (χ4n) is 2.23. The SMILES string of the molecule is CCc1nc(C(NC(C)C)c2ccc(OC)nc2)sc1C. The van der Waals surface area contributed by atoms with Crippen molar-refractivity contribution in [1.82, 2.24) is 15.3 Å². The molecule has 0 radical (unpaired) electrons. The largest absolute Gasteiger partial charge is 0.481 e. The van der Waals surface area contributed by atoms with Gasteiger partial charge >= 0.3 is 0 Å². The topological polar surface area (TPSA) is 47.0 Å². The summed E-state index contributed by atoms with van der Waals surface area (Å²) in [4.78, 5) is 10.4. The molecule has 0 saturated carbocycles. The first kappa shape index (κ1) is 15.9. The quantitative estimate of drug-likeness (QED) is 0.887. The smallest absolute Gasteiger partial charge is 0.212 e. The molecule has 1 atom stereocenters. The molecule has 0 aliphatic rings. The minimum absolute atomic E-state index is 0.0763. The van der Waals surface area contributed by atoms with Crippen LogP contribution in [0.5, 0.6) is 5.88 Å². The van der Waals surface area contributed by atoms with Gasteiger partial charge < -0.3 is 10.1 Å². The normalized spacial score (nSPS) is 12.7. The lowest BCUT2D eigenvalue weighted by atomic mass is 10.1. The molecule has 0 fully saturated rings. The van der Waals surface area contributed by atoms with E-state index in [0.717, 1.165) is 17.0 Å². The lowest BCUT2D eigenvalue weighted by molar-refractivity contribution is 0.397. The standard InChI is InChI=1S/C16H23N3OS/c1-6-13-11(4)21-16(19-13)15(18-10(2)3)12-7-8-14(20-5)17-9-12/h7-10,15,18H,6H2,1-5H3. The molecular weight excluding hydrogens is 282 g/mol. The monoisotopic (exact) mass is 305 g/mol. The molecule has 0 spiro atoms. The molecule has 1 N–H and O–H groups in total. The fraction of sp³-hybridized carbons (Fsp3) is 0.500. The molecule has 21 heavy (non-hydrogen) atoms. The molecule has 2 aromatic heterocycles. The van der Waals surface area contributed by atoms with Gasteiger partial charge in [0.1, 0.15) is 5.01 Å². The molecule has 0 amide bonds. The van der Waals surface area contributed by atoms with Gasteiger partial charge in [0.25, 0.3) is 0 Å². The summed E-state index contributed by atoms with van der Waals surface area (Å²) in [5.41, 5.74) is 2.30. The number of hydrogen-bond acceptors (Lipinski definition) is 5. The van der Waals surface area contributed by atoms with Crippen LogP contribution in [0.1, 0.15) is 48.0 Å². The lowest BCUT2D eigenvalue weighted by Gasteiger charge is -2.19. The van der Waals surface area contributed by atoms with Crippen molar-refractivity contribution < 1.29 is 4.74 Å². The van der Waals surface area contributed by atoms with Gasteiger partial charge in [0, 0.05) is 23.2 Å². The van der Waals surface area contributed by atoms with Gasteiger partial charge in [-0.1, -0.05) is 13.0 Å². The number of thiazole rings is 1. The highest BCUT2D eigenvalue weighted by molar-refractivity contribution is 7.11. The van der Waals surface area contributed by atoms with Gasteiger partial charge in [-0.05, 0) is 32.8 Å². The molecule has 2 aromatic rings. The number of rotatable bonds is 6. The van der Waals surface area contributed by atoms with Gasteiger partial charge in [0.2, 0.25) is 5.88 Å². The Morgan fingerprint density at radius 1 is 1.33 bits per heavy atom. The van der Waals surface area contributed by atoms with Crippen LogP contribution in [0.15, 0.2) is 18.3 Å². The van der Waals surface area contributed by atoms with E-state index in [1.165, 1.54) is 10.6 Å². The third-order valence-corrected chi connectivity index (χ3v) is 4.37. The third kappa shape index (κ3) is 3.80. The van der Waals surface area contributed by atoms with E-state index in [1.54, 1.807) is 18.4 Å². The van der Waals surface area contributed by atoms with Crippen LogP contribution >= 0.6 is 11.3 Å². The maximum Gasteiger partial charge on any atom is 0.212 e. The van der Waals surface area contributed by atoms with Crippen molar-refractivity contribution >= 4 is 11.3 Å². The van der Waals surface area contributed by atoms with Gasteiger partial charge in [0.05, 0.1) is 18.8 Å². The second kappa shape index (κ2) is 7.00. The highest BCUT2D eigenvalue weighted by atomic mass is 32.1. The van der Waals surface area contributed by atoms with Crippen molar-refractivity contribution in [3.63, 3.8) is 0 Å². The Bertz CT molecular complexity index is 578. The molecule has 0 saturated heterocycles. The van der Waals surface area contributed by atoms with Gasteiger partial charge in [-0.15, -0.1) is 11.3 Å². The maximum atomic E-state index is 5.13. The van der Waals surface area contributed by atoms with Crippen molar-refractivity contribution in [2.75, 3.05) is 7.11 Å². The first-order valence-corrected chi connectivity index (χ1v) is 8.09. The van der Waals surface area contributed by atoms with E-state index in [0.29, 0.717) is 11.9 Å². The van der Waals surface area contributed by atoms with Crippen molar-refractivity contribution in [2.24, 2.45) is 0 Å². The summed E-state index contributed by atoms with van der Waals surface area (Å²) in [6.07, 6.45) is 2.83. The lowest BCUT2D eigenvalue weighted by Crippen LogP contribution is -2.29. The van der Waals surface area contributed by atoms with Crippen molar-refractivity contribution in [1.29, 1.82) is 0 Å². The van der Waals surface area contributed by atoms with Crippen LogP contribution in [0.25, 0.3) is 0 Å². The zero-order chi connectivity index (χ0) is 15.4. The van der Waals surface area contributed by atoms with Crippen LogP contribution in [-0.2, 0) is 6.42 Å². The Hall–Kier alpha value is -1.46. The number of nitrogens with zero attached hydrogens (tertiary/aromatic N) is 2. The number of aryl methyl sites for hydroxylation is 2. The predicted molar refractivity (Wildman–Crippen MR) is 87.1 cm³/mol. The molecule has 2 heterocycles. The van der Waals surface area contributed by atoms with Gasteiger partial charge in [-0.2, -0.15) is 0 Å². The summed E-state index contributed by atoms with van der Waals surface area (Å²) in [5.74, 6) is 0.631. The van der Waals surface area contributed by atoms with Crippen molar-refractivity contribution in [3.8, 4) is 5.88 Å². The Morgan fingerprint density at radius 3 is 2.57 bits per heavy atom. The molecule has 1 unspecified atom stereocenters. The Kier molecular flexibility index (Phi) is 5.31. The summed E-state index contributed by atoms with van der Waals surface area (Å²) < 4.78 is 5.13.